The van der Waals surface area contributed by atoms with Crippen LogP contribution in [0.2, 0.25) is 0 Å². The molecule has 12 heavy (non-hydrogen) atoms. The number of hydrogen-bond acceptors (Lipinski definition) is 2. The van der Waals surface area contributed by atoms with Gasteiger partial charge in [-0.25, -0.2) is 4.98 Å². The lowest BCUT2D eigenvalue weighted by molar-refractivity contribution is 1.32. The number of halogens is 1. The normalized spacial score (nSPS) is 10.0. The number of nitriles is 1. The van der Waals surface area contributed by atoms with Crippen LogP contribution < -0.4 is 0 Å². The Bertz CT molecular complexity index is 467. The van der Waals surface area contributed by atoms with Crippen molar-refractivity contribution in [2.75, 3.05) is 0 Å². The van der Waals surface area contributed by atoms with Gasteiger partial charge < -0.3 is 4.98 Å². The summed E-state index contributed by atoms with van der Waals surface area (Å²) in [7, 11) is 0. The average Bonchev–Trinajstić information content (AvgIpc) is 2.48. The molecule has 58 valence electrons. The van der Waals surface area contributed by atoms with Crippen LogP contribution in [0, 0.1) is 14.9 Å². The molecule has 1 N–H and O–H groups in total. The number of hydrogen-bond donors (Lipinski definition) is 1. The minimum Gasteiger partial charge on any atom is -0.345 e. The highest BCUT2D eigenvalue weighted by molar-refractivity contribution is 14.1. The lowest BCUT2D eigenvalue weighted by atomic mass is 10.2. The molecule has 0 saturated heterocycles. The highest BCUT2D eigenvalue weighted by atomic mass is 127. The summed E-state index contributed by atoms with van der Waals surface area (Å²) in [6, 6.07) is 3.85. The highest BCUT2D eigenvalue weighted by Gasteiger charge is 2.05. The van der Waals surface area contributed by atoms with Crippen molar-refractivity contribution >= 4 is 33.6 Å². The van der Waals surface area contributed by atoms with Crippen LogP contribution in [-0.4, -0.2) is 9.97 Å². The third kappa shape index (κ3) is 0.975. The first kappa shape index (κ1) is 7.55. The van der Waals surface area contributed by atoms with Gasteiger partial charge in [-0.1, -0.05) is 0 Å². The third-order valence-corrected chi connectivity index (χ3v) is 2.50. The zero-order valence-electron chi connectivity index (χ0n) is 6.00. The molecule has 0 aliphatic rings. The summed E-state index contributed by atoms with van der Waals surface area (Å²) in [6.45, 7) is 0. The van der Waals surface area contributed by atoms with E-state index in [1.807, 2.05) is 6.20 Å². The number of aromatic nitrogens is 2. The summed E-state index contributed by atoms with van der Waals surface area (Å²) >= 11 is 2.18. The van der Waals surface area contributed by atoms with Gasteiger partial charge in [0.2, 0.25) is 0 Å². The Morgan fingerprint density at radius 1 is 1.58 bits per heavy atom. The number of H-pyrrole nitrogens is 1. The summed E-state index contributed by atoms with van der Waals surface area (Å²) in [5.41, 5.74) is 1.45. The van der Waals surface area contributed by atoms with Crippen molar-refractivity contribution in [3.05, 3.63) is 27.6 Å². The van der Waals surface area contributed by atoms with E-state index < -0.39 is 0 Å². The van der Waals surface area contributed by atoms with Gasteiger partial charge in [0.15, 0.2) is 0 Å². The largest absolute Gasteiger partial charge is 0.345 e. The number of nitrogens with one attached hydrogen (secondary N) is 1. The van der Waals surface area contributed by atoms with Gasteiger partial charge in [-0.05, 0) is 28.7 Å². The first-order valence-electron chi connectivity index (χ1n) is 3.34. The van der Waals surface area contributed by atoms with E-state index in [4.69, 9.17) is 5.26 Å². The van der Waals surface area contributed by atoms with Gasteiger partial charge in [-0.3, -0.25) is 0 Å². The minimum absolute atomic E-state index is 0.672. The van der Waals surface area contributed by atoms with Gasteiger partial charge in [0.25, 0.3) is 0 Å². The van der Waals surface area contributed by atoms with E-state index >= 15 is 0 Å². The van der Waals surface area contributed by atoms with Gasteiger partial charge in [-0.2, -0.15) is 5.26 Å². The lowest BCUT2D eigenvalue weighted by Crippen LogP contribution is -1.80. The first-order valence-corrected chi connectivity index (χ1v) is 4.42. The molecule has 2 aromatic rings. The van der Waals surface area contributed by atoms with Crippen molar-refractivity contribution in [2.45, 2.75) is 0 Å². The fraction of sp³-hybridized carbons (Fsp3) is 0. The Kier molecular flexibility index (Phi) is 1.73. The smallest absolute Gasteiger partial charge is 0.139 e. The number of rotatable bonds is 0. The number of aromatic amines is 1. The minimum atomic E-state index is 0.672. The molecule has 0 aliphatic heterocycles. The van der Waals surface area contributed by atoms with E-state index in [0.717, 1.165) is 14.6 Å². The Morgan fingerprint density at radius 2 is 2.42 bits per heavy atom. The van der Waals surface area contributed by atoms with E-state index in [9.17, 15) is 0 Å². The topological polar surface area (TPSA) is 52.5 Å². The molecule has 0 bridgehead atoms. The SMILES string of the molecule is N#Cc1ccnc2[nH]cc(I)c12. The fourth-order valence-corrected chi connectivity index (χ4v) is 1.81. The van der Waals surface area contributed by atoms with Gasteiger partial charge in [-0.15, -0.1) is 0 Å². The van der Waals surface area contributed by atoms with Crippen LogP contribution in [-0.2, 0) is 0 Å². The van der Waals surface area contributed by atoms with E-state index in [0.29, 0.717) is 5.56 Å². The summed E-state index contributed by atoms with van der Waals surface area (Å²) in [6.07, 6.45) is 3.48. The van der Waals surface area contributed by atoms with Crippen molar-refractivity contribution in [1.82, 2.24) is 9.97 Å². The molecule has 2 aromatic heterocycles. The maximum Gasteiger partial charge on any atom is 0.139 e. The second-order valence-electron chi connectivity index (χ2n) is 2.33. The third-order valence-electron chi connectivity index (χ3n) is 1.65. The van der Waals surface area contributed by atoms with Crippen molar-refractivity contribution in [3.63, 3.8) is 0 Å². The van der Waals surface area contributed by atoms with Crippen molar-refractivity contribution in [2.24, 2.45) is 0 Å². The Morgan fingerprint density at radius 3 is 3.17 bits per heavy atom. The zero-order chi connectivity index (χ0) is 8.55. The van der Waals surface area contributed by atoms with Crippen LogP contribution in [0.5, 0.6) is 0 Å². The monoisotopic (exact) mass is 269 g/mol. The van der Waals surface area contributed by atoms with Crippen molar-refractivity contribution in [3.8, 4) is 6.07 Å². The van der Waals surface area contributed by atoms with Gasteiger partial charge in [0, 0.05) is 21.4 Å². The molecular formula is C8H4IN3. The Hall–Kier alpha value is -1.09. The van der Waals surface area contributed by atoms with E-state index in [1.54, 1.807) is 12.3 Å². The molecule has 0 amide bonds. The number of pyridine rings is 1. The Balaban J connectivity index is 2.96. The first-order chi connectivity index (χ1) is 5.83. The highest BCUT2D eigenvalue weighted by Crippen LogP contribution is 2.21. The van der Waals surface area contributed by atoms with Crippen LogP contribution in [0.4, 0.5) is 0 Å². The van der Waals surface area contributed by atoms with Gasteiger partial charge in [0.1, 0.15) is 5.65 Å². The lowest BCUT2D eigenvalue weighted by Gasteiger charge is -1.91. The van der Waals surface area contributed by atoms with Crippen LogP contribution in [0.1, 0.15) is 5.56 Å². The van der Waals surface area contributed by atoms with E-state index in [-0.39, 0.29) is 0 Å². The molecule has 0 radical (unpaired) electrons. The fourth-order valence-electron chi connectivity index (χ4n) is 1.11. The molecule has 0 saturated carbocycles. The maximum absolute atomic E-state index is 8.78. The molecule has 0 atom stereocenters. The van der Waals surface area contributed by atoms with E-state index in [2.05, 4.69) is 38.6 Å². The molecule has 2 heterocycles. The summed E-state index contributed by atoms with van der Waals surface area (Å²) in [4.78, 5) is 7.09. The number of nitrogens with zero attached hydrogens (tertiary/aromatic N) is 2. The summed E-state index contributed by atoms with van der Waals surface area (Å²) < 4.78 is 1.03. The molecule has 3 nitrogen and oxygen atoms in total. The molecular weight excluding hydrogens is 265 g/mol. The summed E-state index contributed by atoms with van der Waals surface area (Å²) in [5.74, 6) is 0. The molecule has 2 rings (SSSR count). The van der Waals surface area contributed by atoms with Crippen molar-refractivity contribution < 1.29 is 0 Å². The van der Waals surface area contributed by atoms with Gasteiger partial charge in [0.05, 0.1) is 11.6 Å². The van der Waals surface area contributed by atoms with Crippen molar-refractivity contribution in [1.29, 1.82) is 5.26 Å². The van der Waals surface area contributed by atoms with Crippen LogP contribution >= 0.6 is 22.6 Å². The van der Waals surface area contributed by atoms with Gasteiger partial charge >= 0.3 is 0 Å². The molecule has 0 fully saturated rings. The zero-order valence-corrected chi connectivity index (χ0v) is 8.16. The van der Waals surface area contributed by atoms with Crippen LogP contribution in [0.25, 0.3) is 11.0 Å². The Labute approximate surface area is 82.6 Å². The molecule has 0 aliphatic carbocycles. The molecule has 4 heteroatoms. The predicted molar refractivity (Wildman–Crippen MR) is 53.5 cm³/mol. The summed E-state index contributed by atoms with van der Waals surface area (Å²) in [5, 5.41) is 9.70. The average molecular weight is 269 g/mol. The van der Waals surface area contributed by atoms with Crippen LogP contribution in [0.3, 0.4) is 0 Å². The molecule has 0 spiro atoms. The number of fused-ring (bicyclic) bond motifs is 1. The second-order valence-corrected chi connectivity index (χ2v) is 3.49. The standard InChI is InChI=1S/C8H4IN3/c9-6-4-12-8-7(6)5(3-10)1-2-11-8/h1-2,4H,(H,11,12). The van der Waals surface area contributed by atoms with Crippen LogP contribution in [0.15, 0.2) is 18.5 Å². The predicted octanol–water partition coefficient (Wildman–Crippen LogP) is 2.04. The van der Waals surface area contributed by atoms with E-state index in [1.165, 1.54) is 0 Å². The second kappa shape index (κ2) is 2.75. The maximum atomic E-state index is 8.78. The molecule has 0 aromatic carbocycles. The quantitative estimate of drug-likeness (QED) is 0.744. The molecule has 0 unspecified atom stereocenters.